The van der Waals surface area contributed by atoms with E-state index in [0.29, 0.717) is 23.7 Å². The molecule has 0 atom stereocenters. The minimum Gasteiger partial charge on any atom is -0.351 e. The molecule has 134 valence electrons. The first-order valence-corrected chi connectivity index (χ1v) is 9.53. The van der Waals surface area contributed by atoms with Crippen LogP contribution in [-0.2, 0) is 10.0 Å². The van der Waals surface area contributed by atoms with E-state index in [2.05, 4.69) is 5.16 Å². The maximum absolute atomic E-state index is 12.9. The molecular weight excluding hydrogens is 342 g/mol. The Morgan fingerprint density at radius 3 is 2.36 bits per heavy atom. The van der Waals surface area contributed by atoms with Gasteiger partial charge in [0.25, 0.3) is 5.91 Å². The number of aromatic nitrogens is 1. The highest BCUT2D eigenvalue weighted by Crippen LogP contribution is 2.23. The molecule has 1 amide bonds. The summed E-state index contributed by atoms with van der Waals surface area (Å²) >= 11 is 0. The molecule has 0 saturated carbocycles. The minimum atomic E-state index is -3.57. The number of sulfonamides is 1. The summed E-state index contributed by atoms with van der Waals surface area (Å²) in [5.41, 5.74) is 2.26. The van der Waals surface area contributed by atoms with Gasteiger partial charge in [-0.1, -0.05) is 17.3 Å². The van der Waals surface area contributed by atoms with Gasteiger partial charge in [-0.15, -0.1) is 0 Å². The number of aryl methyl sites for hydroxylation is 3. The molecule has 0 spiro atoms. The van der Waals surface area contributed by atoms with E-state index in [1.54, 1.807) is 30.9 Å². The summed E-state index contributed by atoms with van der Waals surface area (Å²) in [6.45, 7) is 6.57. The van der Waals surface area contributed by atoms with E-state index in [9.17, 15) is 13.2 Å². The van der Waals surface area contributed by atoms with Crippen molar-refractivity contribution in [2.45, 2.75) is 25.7 Å². The fraction of sp³-hybridized carbons (Fsp3) is 0.412. The number of rotatable bonds is 3. The molecule has 2 heterocycles. The second-order valence-corrected chi connectivity index (χ2v) is 8.20. The fourth-order valence-corrected chi connectivity index (χ4v) is 4.61. The molecule has 1 aromatic carbocycles. The Morgan fingerprint density at radius 1 is 1.08 bits per heavy atom. The lowest BCUT2D eigenvalue weighted by Crippen LogP contribution is -2.50. The molecule has 25 heavy (non-hydrogen) atoms. The summed E-state index contributed by atoms with van der Waals surface area (Å²) in [7, 11) is -3.57. The van der Waals surface area contributed by atoms with Gasteiger partial charge in [0.2, 0.25) is 15.8 Å². The monoisotopic (exact) mass is 363 g/mol. The third-order valence-corrected chi connectivity index (χ3v) is 6.37. The van der Waals surface area contributed by atoms with Gasteiger partial charge < -0.3 is 9.42 Å². The second-order valence-electron chi connectivity index (χ2n) is 6.30. The standard InChI is InChI=1S/C17H21N3O4S/c1-12-4-5-13(2)16(10-12)25(22,23)20-8-6-19(7-9-20)17(21)15-11-14(3)18-24-15/h4-5,10-11H,6-9H2,1-3H3. The van der Waals surface area contributed by atoms with E-state index < -0.39 is 10.0 Å². The van der Waals surface area contributed by atoms with Crippen LogP contribution in [0.3, 0.4) is 0 Å². The zero-order valence-electron chi connectivity index (χ0n) is 14.5. The quantitative estimate of drug-likeness (QED) is 0.829. The van der Waals surface area contributed by atoms with Gasteiger partial charge in [-0.25, -0.2) is 8.42 Å². The third-order valence-electron chi connectivity index (χ3n) is 4.33. The molecule has 7 nitrogen and oxygen atoms in total. The Labute approximate surface area is 147 Å². The molecule has 0 unspecified atom stereocenters. The number of amides is 1. The van der Waals surface area contributed by atoms with Crippen LogP contribution in [0.5, 0.6) is 0 Å². The van der Waals surface area contributed by atoms with Crippen molar-refractivity contribution in [2.24, 2.45) is 0 Å². The van der Waals surface area contributed by atoms with Crippen molar-refractivity contribution in [3.8, 4) is 0 Å². The Hall–Kier alpha value is -2.19. The van der Waals surface area contributed by atoms with Crippen LogP contribution in [0.25, 0.3) is 0 Å². The predicted octanol–water partition coefficient (Wildman–Crippen LogP) is 1.75. The number of hydrogen-bond donors (Lipinski definition) is 0. The average Bonchev–Trinajstić information content (AvgIpc) is 3.03. The van der Waals surface area contributed by atoms with Crippen LogP contribution in [0.2, 0.25) is 0 Å². The maximum atomic E-state index is 12.9. The minimum absolute atomic E-state index is 0.184. The van der Waals surface area contributed by atoms with E-state index in [1.807, 2.05) is 19.1 Å². The fourth-order valence-electron chi connectivity index (χ4n) is 2.88. The summed E-state index contributed by atoms with van der Waals surface area (Å²) in [6.07, 6.45) is 0. The summed E-state index contributed by atoms with van der Waals surface area (Å²) in [5, 5.41) is 3.72. The lowest BCUT2D eigenvalue weighted by Gasteiger charge is -2.33. The molecule has 1 aromatic heterocycles. The van der Waals surface area contributed by atoms with Crippen molar-refractivity contribution in [1.29, 1.82) is 0 Å². The smallest absolute Gasteiger partial charge is 0.292 e. The molecule has 0 aliphatic carbocycles. The third kappa shape index (κ3) is 3.45. The maximum Gasteiger partial charge on any atom is 0.292 e. The van der Waals surface area contributed by atoms with Crippen LogP contribution < -0.4 is 0 Å². The van der Waals surface area contributed by atoms with E-state index in [-0.39, 0.29) is 24.8 Å². The SMILES string of the molecule is Cc1ccc(C)c(S(=O)(=O)N2CCN(C(=O)c3cc(C)no3)CC2)c1. The molecule has 0 bridgehead atoms. The molecule has 1 aliphatic rings. The molecule has 2 aromatic rings. The van der Waals surface area contributed by atoms with Crippen molar-refractivity contribution in [3.63, 3.8) is 0 Å². The highest BCUT2D eigenvalue weighted by atomic mass is 32.2. The van der Waals surface area contributed by atoms with Crippen molar-refractivity contribution in [2.75, 3.05) is 26.2 Å². The Bertz CT molecular complexity index is 896. The Kier molecular flexibility index (Phi) is 4.66. The van der Waals surface area contributed by atoms with Gasteiger partial charge in [0.1, 0.15) is 0 Å². The molecule has 3 rings (SSSR count). The van der Waals surface area contributed by atoms with Gasteiger partial charge in [0.05, 0.1) is 10.6 Å². The number of carbonyl (C=O) groups is 1. The number of benzene rings is 1. The highest BCUT2D eigenvalue weighted by Gasteiger charge is 2.32. The van der Waals surface area contributed by atoms with Crippen LogP contribution in [0, 0.1) is 20.8 Å². The molecular formula is C17H21N3O4S. The number of hydrogen-bond acceptors (Lipinski definition) is 5. The molecule has 1 saturated heterocycles. The normalized spacial score (nSPS) is 16.2. The van der Waals surface area contributed by atoms with Gasteiger partial charge in [-0.05, 0) is 38.0 Å². The topological polar surface area (TPSA) is 83.7 Å². The van der Waals surface area contributed by atoms with Crippen molar-refractivity contribution in [1.82, 2.24) is 14.4 Å². The average molecular weight is 363 g/mol. The van der Waals surface area contributed by atoms with Gasteiger partial charge in [0.15, 0.2) is 0 Å². The zero-order chi connectivity index (χ0) is 18.2. The number of carbonyl (C=O) groups excluding carboxylic acids is 1. The molecule has 8 heteroatoms. The summed E-state index contributed by atoms with van der Waals surface area (Å²) < 4.78 is 32.2. The van der Waals surface area contributed by atoms with Crippen molar-refractivity contribution in [3.05, 3.63) is 46.8 Å². The first-order valence-electron chi connectivity index (χ1n) is 8.09. The highest BCUT2D eigenvalue weighted by molar-refractivity contribution is 7.89. The van der Waals surface area contributed by atoms with Crippen LogP contribution >= 0.6 is 0 Å². The van der Waals surface area contributed by atoms with Gasteiger partial charge in [0, 0.05) is 32.2 Å². The van der Waals surface area contributed by atoms with Crippen LogP contribution in [-0.4, -0.2) is 54.9 Å². The van der Waals surface area contributed by atoms with Gasteiger partial charge >= 0.3 is 0 Å². The van der Waals surface area contributed by atoms with Gasteiger partial charge in [-0.3, -0.25) is 4.79 Å². The van der Waals surface area contributed by atoms with E-state index in [4.69, 9.17) is 4.52 Å². The predicted molar refractivity (Wildman–Crippen MR) is 91.8 cm³/mol. The lowest BCUT2D eigenvalue weighted by molar-refractivity contribution is 0.0656. The second kappa shape index (κ2) is 6.61. The van der Waals surface area contributed by atoms with Crippen LogP contribution in [0.4, 0.5) is 0 Å². The van der Waals surface area contributed by atoms with Crippen LogP contribution in [0.15, 0.2) is 33.7 Å². The summed E-state index contributed by atoms with van der Waals surface area (Å²) in [4.78, 5) is 14.3. The lowest BCUT2D eigenvalue weighted by atomic mass is 10.2. The summed E-state index contributed by atoms with van der Waals surface area (Å²) in [5.74, 6) is -0.0762. The molecule has 0 radical (unpaired) electrons. The molecule has 1 aliphatic heterocycles. The van der Waals surface area contributed by atoms with E-state index >= 15 is 0 Å². The number of nitrogens with zero attached hydrogens (tertiary/aromatic N) is 3. The zero-order valence-corrected chi connectivity index (χ0v) is 15.3. The number of piperazine rings is 1. The Balaban J connectivity index is 1.73. The molecule has 1 fully saturated rings. The first-order chi connectivity index (χ1) is 11.8. The largest absolute Gasteiger partial charge is 0.351 e. The summed E-state index contributed by atoms with van der Waals surface area (Å²) in [6, 6.07) is 6.99. The van der Waals surface area contributed by atoms with E-state index in [1.165, 1.54) is 4.31 Å². The molecule has 0 N–H and O–H groups in total. The van der Waals surface area contributed by atoms with E-state index in [0.717, 1.165) is 11.1 Å². The first kappa shape index (κ1) is 17.6. The Morgan fingerprint density at radius 2 is 1.76 bits per heavy atom. The van der Waals surface area contributed by atoms with Crippen LogP contribution in [0.1, 0.15) is 27.4 Å². The van der Waals surface area contributed by atoms with Gasteiger partial charge in [-0.2, -0.15) is 4.31 Å². The van der Waals surface area contributed by atoms with Crippen molar-refractivity contribution < 1.29 is 17.7 Å². The van der Waals surface area contributed by atoms with Crippen molar-refractivity contribution >= 4 is 15.9 Å².